The van der Waals surface area contributed by atoms with Crippen molar-refractivity contribution in [1.82, 2.24) is 10.2 Å². The van der Waals surface area contributed by atoms with Crippen molar-refractivity contribution in [3.8, 4) is 0 Å². The molecule has 1 aromatic rings. The highest BCUT2D eigenvalue weighted by Gasteiger charge is 2.26. The molecule has 1 aliphatic rings. The van der Waals surface area contributed by atoms with Gasteiger partial charge in [0.15, 0.2) is 0 Å². The Morgan fingerprint density at radius 2 is 2.15 bits per heavy atom. The highest BCUT2D eigenvalue weighted by Crippen LogP contribution is 2.21. The van der Waals surface area contributed by atoms with E-state index in [1.807, 2.05) is 18.2 Å². The van der Waals surface area contributed by atoms with Crippen LogP contribution in [0.1, 0.15) is 44.6 Å². The number of hydrogen-bond acceptors (Lipinski definition) is 2. The molecule has 20 heavy (non-hydrogen) atoms. The fraction of sp³-hybridized carbons (Fsp3) is 0.588. The molecule has 0 saturated carbocycles. The third-order valence-corrected chi connectivity index (χ3v) is 4.11. The van der Waals surface area contributed by atoms with Crippen molar-refractivity contribution >= 4 is 5.91 Å². The van der Waals surface area contributed by atoms with Crippen LogP contribution in [-0.2, 0) is 4.79 Å². The van der Waals surface area contributed by atoms with E-state index in [2.05, 4.69) is 36.2 Å². The Morgan fingerprint density at radius 1 is 1.40 bits per heavy atom. The quantitative estimate of drug-likeness (QED) is 0.865. The lowest BCUT2D eigenvalue weighted by atomic mass is 9.97. The smallest absolute Gasteiger partial charge is 0.223 e. The molecule has 1 aliphatic heterocycles. The van der Waals surface area contributed by atoms with Gasteiger partial charge < -0.3 is 10.2 Å². The average molecular weight is 274 g/mol. The van der Waals surface area contributed by atoms with E-state index in [0.717, 1.165) is 32.5 Å². The first-order valence-electron chi connectivity index (χ1n) is 7.77. The van der Waals surface area contributed by atoms with E-state index in [-0.39, 0.29) is 5.92 Å². The van der Waals surface area contributed by atoms with E-state index in [1.54, 1.807) is 0 Å². The maximum Gasteiger partial charge on any atom is 0.223 e. The summed E-state index contributed by atoms with van der Waals surface area (Å²) < 4.78 is 0. The van der Waals surface area contributed by atoms with E-state index in [1.165, 1.54) is 5.56 Å². The first-order valence-corrected chi connectivity index (χ1v) is 7.77. The Kier molecular flexibility index (Phi) is 5.60. The van der Waals surface area contributed by atoms with Gasteiger partial charge in [0.05, 0.1) is 0 Å². The van der Waals surface area contributed by atoms with Crippen molar-refractivity contribution < 1.29 is 4.79 Å². The van der Waals surface area contributed by atoms with Crippen molar-refractivity contribution in [1.29, 1.82) is 0 Å². The Balaban J connectivity index is 1.97. The van der Waals surface area contributed by atoms with Crippen LogP contribution in [0.2, 0.25) is 0 Å². The molecule has 0 aliphatic carbocycles. The fourth-order valence-corrected chi connectivity index (χ4v) is 2.94. The Labute approximate surface area is 122 Å². The predicted molar refractivity (Wildman–Crippen MR) is 82.8 cm³/mol. The molecule has 1 amide bonds. The molecule has 2 unspecified atom stereocenters. The molecule has 1 saturated heterocycles. The van der Waals surface area contributed by atoms with Gasteiger partial charge in [0, 0.05) is 25.6 Å². The normalized spacial score (nSPS) is 19.8. The number of benzene rings is 1. The van der Waals surface area contributed by atoms with Gasteiger partial charge in [0.2, 0.25) is 5.91 Å². The molecule has 0 radical (unpaired) electrons. The summed E-state index contributed by atoms with van der Waals surface area (Å²) >= 11 is 0. The van der Waals surface area contributed by atoms with Crippen molar-refractivity contribution in [2.24, 2.45) is 0 Å². The van der Waals surface area contributed by atoms with Crippen molar-refractivity contribution in [2.45, 2.75) is 45.1 Å². The molecule has 3 nitrogen and oxygen atoms in total. The number of carbonyl (C=O) groups excluding carboxylic acids is 1. The molecular formula is C17H26N2O. The second kappa shape index (κ2) is 7.44. The summed E-state index contributed by atoms with van der Waals surface area (Å²) in [6.45, 7) is 7.15. The number of amides is 1. The molecule has 110 valence electrons. The van der Waals surface area contributed by atoms with Crippen LogP contribution in [0.25, 0.3) is 0 Å². The zero-order valence-corrected chi connectivity index (χ0v) is 12.6. The molecular weight excluding hydrogens is 248 g/mol. The number of nitrogens with one attached hydrogen (secondary N) is 1. The second-order valence-corrected chi connectivity index (χ2v) is 5.75. The summed E-state index contributed by atoms with van der Waals surface area (Å²) in [5.74, 6) is 0.592. The van der Waals surface area contributed by atoms with Crippen LogP contribution in [-0.4, -0.2) is 36.5 Å². The molecule has 1 N–H and O–H groups in total. The van der Waals surface area contributed by atoms with Crippen LogP contribution in [0.5, 0.6) is 0 Å². The van der Waals surface area contributed by atoms with Gasteiger partial charge in [-0.2, -0.15) is 0 Å². The summed E-state index contributed by atoms with van der Waals surface area (Å²) in [6.07, 6.45) is 2.73. The van der Waals surface area contributed by atoms with Gasteiger partial charge in [-0.15, -0.1) is 0 Å². The SMILES string of the molecule is CCCN(C(=O)CC(C)c1ccccc1)C1CCNC1. The van der Waals surface area contributed by atoms with Gasteiger partial charge in [-0.1, -0.05) is 44.2 Å². The maximum absolute atomic E-state index is 12.6. The molecule has 2 atom stereocenters. The lowest BCUT2D eigenvalue weighted by molar-refractivity contribution is -0.133. The van der Waals surface area contributed by atoms with Crippen LogP contribution < -0.4 is 5.32 Å². The molecule has 2 rings (SSSR count). The van der Waals surface area contributed by atoms with E-state index in [4.69, 9.17) is 0 Å². The number of nitrogens with zero attached hydrogens (tertiary/aromatic N) is 1. The van der Waals surface area contributed by atoms with Crippen LogP contribution in [0, 0.1) is 0 Å². The number of carbonyl (C=O) groups is 1. The maximum atomic E-state index is 12.6. The summed E-state index contributed by atoms with van der Waals surface area (Å²) in [6, 6.07) is 10.7. The van der Waals surface area contributed by atoms with Crippen molar-refractivity contribution in [2.75, 3.05) is 19.6 Å². The van der Waals surface area contributed by atoms with E-state index in [9.17, 15) is 4.79 Å². The van der Waals surface area contributed by atoms with Crippen LogP contribution >= 0.6 is 0 Å². The molecule has 1 aromatic carbocycles. The van der Waals surface area contributed by atoms with Crippen LogP contribution in [0.3, 0.4) is 0 Å². The van der Waals surface area contributed by atoms with Gasteiger partial charge in [0.1, 0.15) is 0 Å². The van der Waals surface area contributed by atoms with E-state index >= 15 is 0 Å². The Hall–Kier alpha value is -1.35. The third-order valence-electron chi connectivity index (χ3n) is 4.11. The Morgan fingerprint density at radius 3 is 2.75 bits per heavy atom. The summed E-state index contributed by atoms with van der Waals surface area (Å²) in [5.41, 5.74) is 1.25. The molecule has 0 aromatic heterocycles. The minimum absolute atomic E-state index is 0.289. The minimum atomic E-state index is 0.289. The van der Waals surface area contributed by atoms with E-state index < -0.39 is 0 Å². The minimum Gasteiger partial charge on any atom is -0.338 e. The fourth-order valence-electron chi connectivity index (χ4n) is 2.94. The molecule has 0 bridgehead atoms. The monoisotopic (exact) mass is 274 g/mol. The summed E-state index contributed by atoms with van der Waals surface area (Å²) in [4.78, 5) is 14.7. The summed E-state index contributed by atoms with van der Waals surface area (Å²) in [7, 11) is 0. The third kappa shape index (κ3) is 3.83. The first kappa shape index (κ1) is 15.0. The lowest BCUT2D eigenvalue weighted by Crippen LogP contribution is -2.42. The average Bonchev–Trinajstić information content (AvgIpc) is 2.99. The van der Waals surface area contributed by atoms with Crippen molar-refractivity contribution in [3.63, 3.8) is 0 Å². The zero-order chi connectivity index (χ0) is 14.4. The van der Waals surface area contributed by atoms with Gasteiger partial charge in [-0.25, -0.2) is 0 Å². The standard InChI is InChI=1S/C17H26N2O/c1-3-11-19(16-9-10-18-13-16)17(20)12-14(2)15-7-5-4-6-8-15/h4-8,14,16,18H,3,9-13H2,1-2H3. The predicted octanol–water partition coefficient (Wildman–Crippen LogP) is 2.78. The second-order valence-electron chi connectivity index (χ2n) is 5.75. The molecule has 0 spiro atoms. The zero-order valence-electron chi connectivity index (χ0n) is 12.6. The van der Waals surface area contributed by atoms with Crippen LogP contribution in [0.15, 0.2) is 30.3 Å². The molecule has 3 heteroatoms. The number of rotatable bonds is 6. The van der Waals surface area contributed by atoms with Gasteiger partial charge in [0.25, 0.3) is 0 Å². The Bertz CT molecular complexity index is 412. The molecule has 1 heterocycles. The molecule has 1 fully saturated rings. The van der Waals surface area contributed by atoms with Crippen LogP contribution in [0.4, 0.5) is 0 Å². The highest BCUT2D eigenvalue weighted by atomic mass is 16.2. The van der Waals surface area contributed by atoms with Gasteiger partial charge >= 0.3 is 0 Å². The van der Waals surface area contributed by atoms with E-state index in [0.29, 0.717) is 18.4 Å². The summed E-state index contributed by atoms with van der Waals surface area (Å²) in [5, 5.41) is 3.36. The topological polar surface area (TPSA) is 32.3 Å². The lowest BCUT2D eigenvalue weighted by Gasteiger charge is -2.29. The van der Waals surface area contributed by atoms with Crippen molar-refractivity contribution in [3.05, 3.63) is 35.9 Å². The largest absolute Gasteiger partial charge is 0.338 e. The number of hydrogen-bond donors (Lipinski definition) is 1. The van der Waals surface area contributed by atoms with Gasteiger partial charge in [-0.05, 0) is 30.9 Å². The highest BCUT2D eigenvalue weighted by molar-refractivity contribution is 5.77. The first-order chi connectivity index (χ1) is 9.72. The van der Waals surface area contributed by atoms with Gasteiger partial charge in [-0.3, -0.25) is 4.79 Å².